The number of esters is 1. The van der Waals surface area contributed by atoms with E-state index < -0.39 is 23.9 Å². The van der Waals surface area contributed by atoms with E-state index in [2.05, 4.69) is 5.32 Å². The minimum absolute atomic E-state index is 0.235. The maximum Gasteiger partial charge on any atom is 0.338 e. The molecule has 22 heavy (non-hydrogen) atoms. The molecular formula is C16H19FN2O3. The van der Waals surface area contributed by atoms with Crippen LogP contribution in [0.5, 0.6) is 0 Å². The molecule has 1 atom stereocenters. The molecule has 0 saturated carbocycles. The van der Waals surface area contributed by atoms with Crippen molar-refractivity contribution >= 4 is 12.0 Å². The predicted octanol–water partition coefficient (Wildman–Crippen LogP) is 2.75. The Morgan fingerprint density at radius 2 is 2.00 bits per heavy atom. The summed E-state index contributed by atoms with van der Waals surface area (Å²) in [5.41, 5.74) is 0.919. The van der Waals surface area contributed by atoms with Crippen molar-refractivity contribution in [2.24, 2.45) is 0 Å². The summed E-state index contributed by atoms with van der Waals surface area (Å²) in [5.74, 6) is -1.05. The van der Waals surface area contributed by atoms with Crippen LogP contribution in [0.1, 0.15) is 32.4 Å². The number of urea groups is 1. The van der Waals surface area contributed by atoms with Gasteiger partial charge >= 0.3 is 12.0 Å². The van der Waals surface area contributed by atoms with Gasteiger partial charge in [-0.05, 0) is 26.8 Å². The largest absolute Gasteiger partial charge is 0.459 e. The van der Waals surface area contributed by atoms with E-state index in [0.717, 1.165) is 0 Å². The van der Waals surface area contributed by atoms with Gasteiger partial charge in [0.15, 0.2) is 0 Å². The average Bonchev–Trinajstić information content (AvgIpc) is 2.44. The normalized spacial score (nSPS) is 18.5. The number of benzene rings is 1. The van der Waals surface area contributed by atoms with Crippen LogP contribution in [-0.4, -0.2) is 30.1 Å². The van der Waals surface area contributed by atoms with Gasteiger partial charge in [0, 0.05) is 18.3 Å². The molecule has 0 spiro atoms. The summed E-state index contributed by atoms with van der Waals surface area (Å²) in [4.78, 5) is 25.7. The van der Waals surface area contributed by atoms with Crippen LogP contribution in [0.3, 0.4) is 0 Å². The van der Waals surface area contributed by atoms with E-state index in [1.54, 1.807) is 46.0 Å². The van der Waals surface area contributed by atoms with Crippen LogP contribution >= 0.6 is 0 Å². The Balaban J connectivity index is 2.53. The number of nitrogens with zero attached hydrogens (tertiary/aromatic N) is 1. The van der Waals surface area contributed by atoms with Crippen molar-refractivity contribution in [2.45, 2.75) is 32.9 Å². The Morgan fingerprint density at radius 3 is 2.59 bits per heavy atom. The third-order valence-corrected chi connectivity index (χ3v) is 3.53. The highest BCUT2D eigenvalue weighted by molar-refractivity contribution is 5.95. The Morgan fingerprint density at radius 1 is 1.36 bits per heavy atom. The summed E-state index contributed by atoms with van der Waals surface area (Å²) >= 11 is 0. The van der Waals surface area contributed by atoms with Crippen molar-refractivity contribution in [1.82, 2.24) is 10.2 Å². The Hall–Kier alpha value is -2.37. The molecule has 5 nitrogen and oxygen atoms in total. The fraction of sp³-hybridized carbons (Fsp3) is 0.375. The lowest BCUT2D eigenvalue weighted by molar-refractivity contribution is -0.143. The fourth-order valence-electron chi connectivity index (χ4n) is 2.32. The van der Waals surface area contributed by atoms with Gasteiger partial charge in [-0.25, -0.2) is 14.0 Å². The average molecular weight is 306 g/mol. The molecule has 0 saturated heterocycles. The monoisotopic (exact) mass is 306 g/mol. The summed E-state index contributed by atoms with van der Waals surface area (Å²) in [5, 5.41) is 2.65. The molecule has 6 heteroatoms. The van der Waals surface area contributed by atoms with Crippen LogP contribution in [0.4, 0.5) is 9.18 Å². The Labute approximate surface area is 128 Å². The van der Waals surface area contributed by atoms with E-state index in [4.69, 9.17) is 4.74 Å². The van der Waals surface area contributed by atoms with Crippen molar-refractivity contribution in [3.05, 3.63) is 46.9 Å². The highest BCUT2D eigenvalue weighted by Crippen LogP contribution is 2.32. The number of halogens is 1. The molecule has 0 bridgehead atoms. The van der Waals surface area contributed by atoms with Gasteiger partial charge < -0.3 is 15.0 Å². The molecule has 1 aliphatic heterocycles. The van der Waals surface area contributed by atoms with Crippen LogP contribution in [0.2, 0.25) is 0 Å². The second-order valence-electron chi connectivity index (χ2n) is 5.42. The first-order valence-electron chi connectivity index (χ1n) is 7.03. The third-order valence-electron chi connectivity index (χ3n) is 3.53. The number of carbonyl (C=O) groups is 2. The quantitative estimate of drug-likeness (QED) is 0.874. The molecule has 118 valence electrons. The number of rotatable bonds is 3. The molecule has 1 N–H and O–H groups in total. The van der Waals surface area contributed by atoms with Crippen LogP contribution in [0, 0.1) is 5.82 Å². The van der Waals surface area contributed by atoms with Crippen LogP contribution in [0.15, 0.2) is 35.5 Å². The van der Waals surface area contributed by atoms with Gasteiger partial charge in [-0.2, -0.15) is 0 Å². The minimum Gasteiger partial charge on any atom is -0.459 e. The van der Waals surface area contributed by atoms with E-state index >= 15 is 0 Å². The molecule has 1 aromatic carbocycles. The minimum atomic E-state index is -0.865. The van der Waals surface area contributed by atoms with E-state index in [1.807, 2.05) is 0 Å². The molecule has 0 fully saturated rings. The number of hydrogen-bond acceptors (Lipinski definition) is 3. The molecule has 0 aromatic heterocycles. The molecule has 0 unspecified atom stereocenters. The van der Waals surface area contributed by atoms with Gasteiger partial charge in [-0.15, -0.1) is 0 Å². The molecule has 0 radical (unpaired) electrons. The van der Waals surface area contributed by atoms with E-state index in [0.29, 0.717) is 5.70 Å². The molecule has 0 aliphatic carbocycles. The zero-order chi connectivity index (χ0) is 16.4. The first-order chi connectivity index (χ1) is 10.3. The van der Waals surface area contributed by atoms with Gasteiger partial charge in [0.05, 0.1) is 17.7 Å². The summed E-state index contributed by atoms with van der Waals surface area (Å²) < 4.78 is 19.3. The van der Waals surface area contributed by atoms with Gasteiger partial charge in [-0.3, -0.25) is 0 Å². The highest BCUT2D eigenvalue weighted by Gasteiger charge is 2.36. The number of carbonyl (C=O) groups excluding carboxylic acids is 2. The number of nitrogens with one attached hydrogen (secondary N) is 1. The molecule has 1 aliphatic rings. The van der Waals surface area contributed by atoms with Gasteiger partial charge in [-0.1, -0.05) is 18.2 Å². The zero-order valence-electron chi connectivity index (χ0n) is 13.0. The van der Waals surface area contributed by atoms with Gasteiger partial charge in [0.2, 0.25) is 0 Å². The van der Waals surface area contributed by atoms with Crippen LogP contribution in [-0.2, 0) is 9.53 Å². The van der Waals surface area contributed by atoms with Crippen molar-refractivity contribution in [3.8, 4) is 0 Å². The van der Waals surface area contributed by atoms with Crippen LogP contribution < -0.4 is 5.32 Å². The lowest BCUT2D eigenvalue weighted by Gasteiger charge is -2.33. The van der Waals surface area contributed by atoms with Gasteiger partial charge in [0.1, 0.15) is 5.82 Å². The molecule has 2 rings (SSSR count). The molecule has 1 aromatic rings. The highest BCUT2D eigenvalue weighted by atomic mass is 19.1. The second-order valence-corrected chi connectivity index (χ2v) is 5.42. The van der Waals surface area contributed by atoms with E-state index in [9.17, 15) is 14.0 Å². The first kappa shape index (κ1) is 16.0. The summed E-state index contributed by atoms with van der Waals surface area (Å²) in [6, 6.07) is 4.78. The maximum absolute atomic E-state index is 14.1. The van der Waals surface area contributed by atoms with E-state index in [-0.39, 0.29) is 17.2 Å². The first-order valence-corrected chi connectivity index (χ1v) is 7.03. The topological polar surface area (TPSA) is 58.6 Å². The maximum atomic E-state index is 14.1. The van der Waals surface area contributed by atoms with E-state index in [1.165, 1.54) is 11.0 Å². The standard InChI is InChI=1S/C16H19FN2O3/c1-9(2)22-15(20)13-10(3)19(4)16(21)18-14(13)11-7-5-6-8-12(11)17/h5-9,14H,1-4H3,(H,18,21)/t14-/m1/s1. The fourth-order valence-corrected chi connectivity index (χ4v) is 2.32. The smallest absolute Gasteiger partial charge is 0.338 e. The van der Waals surface area contributed by atoms with Crippen LogP contribution in [0.25, 0.3) is 0 Å². The zero-order valence-corrected chi connectivity index (χ0v) is 13.0. The summed E-state index contributed by atoms with van der Waals surface area (Å²) in [6.45, 7) is 5.11. The third kappa shape index (κ3) is 2.95. The number of allylic oxidation sites excluding steroid dienone is 1. The number of hydrogen-bond donors (Lipinski definition) is 1. The molecular weight excluding hydrogens is 287 g/mol. The van der Waals surface area contributed by atoms with Crippen molar-refractivity contribution in [1.29, 1.82) is 0 Å². The molecule has 1 heterocycles. The summed E-state index contributed by atoms with van der Waals surface area (Å²) in [7, 11) is 1.55. The SMILES string of the molecule is CC1=C(C(=O)OC(C)C)[C@@H](c2ccccc2F)NC(=O)N1C. The predicted molar refractivity (Wildman–Crippen MR) is 79.4 cm³/mol. The second kappa shape index (κ2) is 6.17. The number of ether oxygens (including phenoxy) is 1. The van der Waals surface area contributed by atoms with Crippen molar-refractivity contribution < 1.29 is 18.7 Å². The molecule has 2 amide bonds. The number of amides is 2. The summed E-state index contributed by atoms with van der Waals surface area (Å²) in [6.07, 6.45) is -0.308. The van der Waals surface area contributed by atoms with Crippen molar-refractivity contribution in [3.63, 3.8) is 0 Å². The van der Waals surface area contributed by atoms with Gasteiger partial charge in [0.25, 0.3) is 0 Å². The Kier molecular flexibility index (Phi) is 4.49. The van der Waals surface area contributed by atoms with Crippen molar-refractivity contribution in [2.75, 3.05) is 7.05 Å². The lowest BCUT2D eigenvalue weighted by Crippen LogP contribution is -2.46. The lowest BCUT2D eigenvalue weighted by atomic mass is 9.94. The Bertz CT molecular complexity index is 640.